The fourth-order valence-electron chi connectivity index (χ4n) is 2.02. The van der Waals surface area contributed by atoms with E-state index in [2.05, 4.69) is 6.07 Å². The Bertz CT molecular complexity index is 489. The van der Waals surface area contributed by atoms with Crippen LogP contribution in [0.1, 0.15) is 24.8 Å². The summed E-state index contributed by atoms with van der Waals surface area (Å²) in [5.41, 5.74) is -0.253. The second kappa shape index (κ2) is 3.76. The van der Waals surface area contributed by atoms with Crippen LogP contribution in [0.15, 0.2) is 18.2 Å². The van der Waals surface area contributed by atoms with Crippen molar-refractivity contribution in [1.82, 2.24) is 0 Å². The van der Waals surface area contributed by atoms with Crippen molar-refractivity contribution in [2.24, 2.45) is 0 Å². The molecule has 16 heavy (non-hydrogen) atoms. The molecule has 0 spiro atoms. The van der Waals surface area contributed by atoms with E-state index >= 15 is 0 Å². The largest absolute Gasteiger partial charge is 0.274 e. The third-order valence-corrected chi connectivity index (χ3v) is 3.33. The molecule has 2 rings (SSSR count). The maximum absolute atomic E-state index is 10.9. The van der Waals surface area contributed by atoms with Gasteiger partial charge in [0.1, 0.15) is 0 Å². The van der Waals surface area contributed by atoms with Gasteiger partial charge in [-0.15, -0.1) is 0 Å². The van der Waals surface area contributed by atoms with Gasteiger partial charge in [-0.3, -0.25) is 10.1 Å². The molecule has 0 bridgehead atoms. The fourth-order valence-corrected chi connectivity index (χ4v) is 2.19. The first-order valence-electron chi connectivity index (χ1n) is 4.95. The Morgan fingerprint density at radius 1 is 1.50 bits per heavy atom. The lowest BCUT2D eigenvalue weighted by molar-refractivity contribution is -0.386. The van der Waals surface area contributed by atoms with Crippen LogP contribution in [0.4, 0.5) is 5.69 Å². The molecule has 0 aromatic heterocycles. The second-order valence-electron chi connectivity index (χ2n) is 3.97. The van der Waals surface area contributed by atoms with Crippen molar-refractivity contribution in [3.05, 3.63) is 38.9 Å². The first kappa shape index (κ1) is 10.9. The van der Waals surface area contributed by atoms with Gasteiger partial charge >= 0.3 is 0 Å². The van der Waals surface area contributed by atoms with Crippen molar-refractivity contribution in [3.8, 4) is 6.07 Å². The lowest BCUT2D eigenvalue weighted by Crippen LogP contribution is -2.33. The zero-order valence-corrected chi connectivity index (χ0v) is 9.20. The fraction of sp³-hybridized carbons (Fsp3) is 0.364. The Balaban J connectivity index is 2.58. The number of hydrogen-bond donors (Lipinski definition) is 0. The van der Waals surface area contributed by atoms with Crippen molar-refractivity contribution >= 4 is 17.3 Å². The van der Waals surface area contributed by atoms with E-state index in [1.165, 1.54) is 12.1 Å². The van der Waals surface area contributed by atoms with Crippen LogP contribution in [0.25, 0.3) is 0 Å². The molecule has 5 heteroatoms. The zero-order chi connectivity index (χ0) is 11.8. The maximum atomic E-state index is 10.9. The lowest BCUT2D eigenvalue weighted by Gasteiger charge is -2.35. The van der Waals surface area contributed by atoms with Crippen molar-refractivity contribution in [1.29, 1.82) is 5.26 Å². The summed E-state index contributed by atoms with van der Waals surface area (Å²) in [4.78, 5) is 10.4. The molecule has 1 aromatic carbocycles. The Morgan fingerprint density at radius 2 is 2.19 bits per heavy atom. The van der Waals surface area contributed by atoms with Gasteiger partial charge in [-0.25, -0.2) is 0 Å². The first-order valence-corrected chi connectivity index (χ1v) is 5.32. The highest BCUT2D eigenvalue weighted by molar-refractivity contribution is 6.30. The van der Waals surface area contributed by atoms with Gasteiger partial charge in [-0.05, 0) is 31.4 Å². The number of benzene rings is 1. The van der Waals surface area contributed by atoms with Crippen molar-refractivity contribution in [2.75, 3.05) is 0 Å². The van der Waals surface area contributed by atoms with Gasteiger partial charge in [-0.1, -0.05) is 11.6 Å². The SMILES string of the molecule is N#CC1(c2cc(Cl)ccc2[N+](=O)[O-])CCC1. The Kier molecular flexibility index (Phi) is 2.56. The average molecular weight is 237 g/mol. The van der Waals surface area contributed by atoms with E-state index in [0.29, 0.717) is 23.4 Å². The third kappa shape index (κ3) is 1.54. The Labute approximate surface area is 97.6 Å². The van der Waals surface area contributed by atoms with Gasteiger partial charge in [0.2, 0.25) is 0 Å². The first-order chi connectivity index (χ1) is 7.59. The van der Waals surface area contributed by atoms with Gasteiger partial charge in [0.05, 0.1) is 22.0 Å². The molecule has 1 saturated carbocycles. The van der Waals surface area contributed by atoms with Crippen LogP contribution in [0, 0.1) is 21.4 Å². The molecule has 0 amide bonds. The van der Waals surface area contributed by atoms with Crippen LogP contribution in [0.2, 0.25) is 5.02 Å². The summed E-state index contributed by atoms with van der Waals surface area (Å²) >= 11 is 5.83. The van der Waals surface area contributed by atoms with Crippen LogP contribution in [0.3, 0.4) is 0 Å². The van der Waals surface area contributed by atoms with Gasteiger partial charge < -0.3 is 0 Å². The molecule has 1 aliphatic carbocycles. The molecule has 0 radical (unpaired) electrons. The molecular weight excluding hydrogens is 228 g/mol. The zero-order valence-electron chi connectivity index (χ0n) is 8.44. The van der Waals surface area contributed by atoms with E-state index in [-0.39, 0.29) is 5.69 Å². The van der Waals surface area contributed by atoms with E-state index in [1.54, 1.807) is 6.07 Å². The number of nitriles is 1. The van der Waals surface area contributed by atoms with E-state index in [1.807, 2.05) is 0 Å². The number of rotatable bonds is 2. The average Bonchev–Trinajstić information content (AvgIpc) is 2.16. The predicted octanol–water partition coefficient (Wildman–Crippen LogP) is 3.19. The van der Waals surface area contributed by atoms with E-state index < -0.39 is 10.3 Å². The van der Waals surface area contributed by atoms with Crippen molar-refractivity contribution < 1.29 is 4.92 Å². The molecule has 0 saturated heterocycles. The number of nitro groups is 1. The van der Waals surface area contributed by atoms with Crippen LogP contribution in [0.5, 0.6) is 0 Å². The van der Waals surface area contributed by atoms with Crippen LogP contribution < -0.4 is 0 Å². The van der Waals surface area contributed by atoms with Crippen molar-refractivity contribution in [2.45, 2.75) is 24.7 Å². The van der Waals surface area contributed by atoms with Crippen molar-refractivity contribution in [3.63, 3.8) is 0 Å². The van der Waals surface area contributed by atoms with Crippen LogP contribution >= 0.6 is 11.6 Å². The Hall–Kier alpha value is -1.60. The summed E-state index contributed by atoms with van der Waals surface area (Å²) in [5.74, 6) is 0. The molecule has 4 nitrogen and oxygen atoms in total. The number of halogens is 1. The highest BCUT2D eigenvalue weighted by Crippen LogP contribution is 2.47. The monoisotopic (exact) mass is 236 g/mol. The topological polar surface area (TPSA) is 66.9 Å². The van der Waals surface area contributed by atoms with E-state index in [9.17, 15) is 15.4 Å². The quantitative estimate of drug-likeness (QED) is 0.585. The minimum Gasteiger partial charge on any atom is -0.258 e. The predicted molar refractivity (Wildman–Crippen MR) is 59.2 cm³/mol. The summed E-state index contributed by atoms with van der Waals surface area (Å²) in [6.07, 6.45) is 2.27. The molecule has 1 aliphatic rings. The van der Waals surface area contributed by atoms with E-state index in [0.717, 1.165) is 6.42 Å². The molecule has 1 aromatic rings. The Morgan fingerprint density at radius 3 is 2.62 bits per heavy atom. The van der Waals surface area contributed by atoms with Gasteiger partial charge in [0.15, 0.2) is 0 Å². The standard InChI is InChI=1S/C11H9ClN2O2/c12-8-2-3-10(14(15)16)9(6-8)11(7-13)4-1-5-11/h2-3,6H,1,4-5H2. The number of nitro benzene ring substituents is 1. The smallest absolute Gasteiger partial charge is 0.258 e. The van der Waals surface area contributed by atoms with Gasteiger partial charge in [0, 0.05) is 11.1 Å². The maximum Gasteiger partial charge on any atom is 0.274 e. The van der Waals surface area contributed by atoms with Gasteiger partial charge in [0.25, 0.3) is 5.69 Å². The minimum atomic E-state index is -0.701. The summed E-state index contributed by atoms with van der Waals surface area (Å²) in [5, 5.41) is 20.5. The molecule has 0 heterocycles. The summed E-state index contributed by atoms with van der Waals surface area (Å²) in [6.45, 7) is 0. The molecule has 0 N–H and O–H groups in total. The molecule has 82 valence electrons. The summed E-state index contributed by atoms with van der Waals surface area (Å²) in [7, 11) is 0. The number of nitrogens with zero attached hydrogens (tertiary/aromatic N) is 2. The van der Waals surface area contributed by atoms with Gasteiger partial charge in [-0.2, -0.15) is 5.26 Å². The molecule has 1 fully saturated rings. The highest BCUT2D eigenvalue weighted by atomic mass is 35.5. The number of hydrogen-bond acceptors (Lipinski definition) is 3. The molecule has 0 unspecified atom stereocenters. The summed E-state index contributed by atoms with van der Waals surface area (Å²) < 4.78 is 0. The molecular formula is C11H9ClN2O2. The lowest BCUT2D eigenvalue weighted by atomic mass is 9.65. The normalized spacial score (nSPS) is 17.2. The molecule has 0 aliphatic heterocycles. The third-order valence-electron chi connectivity index (χ3n) is 3.09. The minimum absolute atomic E-state index is 0.00866. The van der Waals surface area contributed by atoms with E-state index in [4.69, 9.17) is 11.6 Å². The summed E-state index contributed by atoms with van der Waals surface area (Å²) in [6, 6.07) is 6.58. The highest BCUT2D eigenvalue weighted by Gasteiger charge is 2.43. The second-order valence-corrected chi connectivity index (χ2v) is 4.40. The van der Waals surface area contributed by atoms with Crippen LogP contribution in [-0.4, -0.2) is 4.92 Å². The molecule has 0 atom stereocenters. The van der Waals surface area contributed by atoms with Crippen LogP contribution in [-0.2, 0) is 5.41 Å².